The summed E-state index contributed by atoms with van der Waals surface area (Å²) in [5, 5.41) is 2.82. The SMILES string of the molecule is CCCN1CCC(NC(c2ccccc2)C(F)(F)F)CC1. The van der Waals surface area contributed by atoms with Gasteiger partial charge < -0.3 is 4.90 Å². The van der Waals surface area contributed by atoms with Crippen molar-refractivity contribution in [2.24, 2.45) is 0 Å². The zero-order chi connectivity index (χ0) is 15.3. The standard InChI is InChI=1S/C16H23F3N2/c1-2-10-21-11-8-14(9-12-21)20-15(16(17,18)19)13-6-4-3-5-7-13/h3-7,14-15,20H,2,8-12H2,1H3. The second kappa shape index (κ2) is 7.27. The van der Waals surface area contributed by atoms with E-state index in [1.807, 2.05) is 0 Å². The van der Waals surface area contributed by atoms with Crippen LogP contribution in [0.3, 0.4) is 0 Å². The summed E-state index contributed by atoms with van der Waals surface area (Å²) in [6.07, 6.45) is -1.62. The van der Waals surface area contributed by atoms with Crippen molar-refractivity contribution in [1.29, 1.82) is 0 Å². The normalized spacial score (nSPS) is 19.6. The van der Waals surface area contributed by atoms with Gasteiger partial charge >= 0.3 is 6.18 Å². The smallest absolute Gasteiger partial charge is 0.303 e. The molecule has 0 spiro atoms. The van der Waals surface area contributed by atoms with E-state index in [-0.39, 0.29) is 6.04 Å². The lowest BCUT2D eigenvalue weighted by molar-refractivity contribution is -0.160. The average Bonchev–Trinajstić information content (AvgIpc) is 2.46. The van der Waals surface area contributed by atoms with Crippen LogP contribution in [0, 0.1) is 0 Å². The van der Waals surface area contributed by atoms with Crippen LogP contribution in [0.15, 0.2) is 30.3 Å². The molecular formula is C16H23F3N2. The van der Waals surface area contributed by atoms with Crippen LogP contribution < -0.4 is 5.32 Å². The van der Waals surface area contributed by atoms with E-state index in [4.69, 9.17) is 0 Å². The van der Waals surface area contributed by atoms with Gasteiger partial charge in [-0.05, 0) is 44.5 Å². The molecule has 21 heavy (non-hydrogen) atoms. The summed E-state index contributed by atoms with van der Waals surface area (Å²) in [5.74, 6) is 0. The second-order valence-electron chi connectivity index (χ2n) is 5.67. The number of nitrogens with zero attached hydrogens (tertiary/aromatic N) is 1. The fourth-order valence-electron chi connectivity index (χ4n) is 2.90. The van der Waals surface area contributed by atoms with Crippen molar-refractivity contribution in [3.63, 3.8) is 0 Å². The number of likely N-dealkylation sites (tertiary alicyclic amines) is 1. The van der Waals surface area contributed by atoms with Gasteiger partial charge in [0, 0.05) is 6.04 Å². The number of halogens is 3. The molecule has 1 fully saturated rings. The van der Waals surface area contributed by atoms with Crippen LogP contribution in [0.5, 0.6) is 0 Å². The fourth-order valence-corrected chi connectivity index (χ4v) is 2.90. The highest BCUT2D eigenvalue weighted by atomic mass is 19.4. The summed E-state index contributed by atoms with van der Waals surface area (Å²) in [6, 6.07) is 6.49. The van der Waals surface area contributed by atoms with Gasteiger partial charge in [0.25, 0.3) is 0 Å². The topological polar surface area (TPSA) is 15.3 Å². The molecule has 5 heteroatoms. The lowest BCUT2D eigenvalue weighted by atomic mass is 10.0. The molecule has 2 nitrogen and oxygen atoms in total. The molecular weight excluding hydrogens is 277 g/mol. The zero-order valence-corrected chi connectivity index (χ0v) is 12.4. The van der Waals surface area contributed by atoms with E-state index in [0.29, 0.717) is 5.56 Å². The Balaban J connectivity index is 1.98. The van der Waals surface area contributed by atoms with E-state index in [2.05, 4.69) is 17.1 Å². The van der Waals surface area contributed by atoms with Crippen LogP contribution in [0.1, 0.15) is 37.8 Å². The summed E-state index contributed by atoms with van der Waals surface area (Å²) in [4.78, 5) is 2.32. The van der Waals surface area contributed by atoms with E-state index in [0.717, 1.165) is 38.9 Å². The Morgan fingerprint density at radius 1 is 1.19 bits per heavy atom. The van der Waals surface area contributed by atoms with Crippen LogP contribution in [0.25, 0.3) is 0 Å². The van der Waals surface area contributed by atoms with Crippen molar-refractivity contribution in [2.45, 2.75) is 44.4 Å². The molecule has 0 aromatic heterocycles. The summed E-state index contributed by atoms with van der Waals surface area (Å²) < 4.78 is 39.9. The molecule has 1 aliphatic rings. The van der Waals surface area contributed by atoms with Crippen molar-refractivity contribution in [2.75, 3.05) is 19.6 Å². The predicted molar refractivity (Wildman–Crippen MR) is 78.1 cm³/mol. The van der Waals surface area contributed by atoms with Gasteiger partial charge in [0.05, 0.1) is 0 Å². The molecule has 2 rings (SSSR count). The minimum Gasteiger partial charge on any atom is -0.303 e. The largest absolute Gasteiger partial charge is 0.407 e. The van der Waals surface area contributed by atoms with E-state index >= 15 is 0 Å². The average molecular weight is 300 g/mol. The lowest BCUT2D eigenvalue weighted by Gasteiger charge is -2.35. The Bertz CT molecular complexity index is 411. The van der Waals surface area contributed by atoms with Crippen LogP contribution in [0.4, 0.5) is 13.2 Å². The first-order valence-corrected chi connectivity index (χ1v) is 7.60. The Morgan fingerprint density at radius 3 is 2.33 bits per heavy atom. The third-order valence-electron chi connectivity index (χ3n) is 3.99. The van der Waals surface area contributed by atoms with Gasteiger partial charge in [0.15, 0.2) is 0 Å². The Kier molecular flexibility index (Phi) is 5.65. The first-order chi connectivity index (χ1) is 10.0. The molecule has 1 aliphatic heterocycles. The van der Waals surface area contributed by atoms with Crippen molar-refractivity contribution in [3.05, 3.63) is 35.9 Å². The van der Waals surface area contributed by atoms with E-state index in [1.54, 1.807) is 18.2 Å². The molecule has 1 aromatic carbocycles. The predicted octanol–water partition coefficient (Wildman–Crippen LogP) is 3.75. The summed E-state index contributed by atoms with van der Waals surface area (Å²) in [6.45, 7) is 4.92. The minimum atomic E-state index is -4.26. The first-order valence-electron chi connectivity index (χ1n) is 7.60. The molecule has 1 saturated heterocycles. The maximum absolute atomic E-state index is 13.3. The van der Waals surface area contributed by atoms with E-state index in [9.17, 15) is 13.2 Å². The van der Waals surface area contributed by atoms with Gasteiger partial charge in [0.1, 0.15) is 6.04 Å². The molecule has 1 heterocycles. The number of piperidine rings is 1. The number of nitrogens with one attached hydrogen (secondary N) is 1. The van der Waals surface area contributed by atoms with Crippen molar-refractivity contribution < 1.29 is 13.2 Å². The van der Waals surface area contributed by atoms with E-state index < -0.39 is 12.2 Å². The third kappa shape index (κ3) is 4.71. The first kappa shape index (κ1) is 16.3. The third-order valence-corrected chi connectivity index (χ3v) is 3.99. The quantitative estimate of drug-likeness (QED) is 0.891. The highest BCUT2D eigenvalue weighted by Crippen LogP contribution is 2.33. The monoisotopic (exact) mass is 300 g/mol. The molecule has 118 valence electrons. The molecule has 1 N–H and O–H groups in total. The van der Waals surface area contributed by atoms with Gasteiger partial charge in [-0.15, -0.1) is 0 Å². The summed E-state index contributed by atoms with van der Waals surface area (Å²) in [7, 11) is 0. The molecule has 1 unspecified atom stereocenters. The molecule has 0 amide bonds. The highest BCUT2D eigenvalue weighted by Gasteiger charge is 2.41. The van der Waals surface area contributed by atoms with Crippen molar-refractivity contribution in [1.82, 2.24) is 10.2 Å². The molecule has 1 aromatic rings. The van der Waals surface area contributed by atoms with Gasteiger partial charge in [-0.3, -0.25) is 5.32 Å². The Labute approximate surface area is 124 Å². The Morgan fingerprint density at radius 2 is 1.81 bits per heavy atom. The van der Waals surface area contributed by atoms with Crippen molar-refractivity contribution >= 4 is 0 Å². The fraction of sp³-hybridized carbons (Fsp3) is 0.625. The Hall–Kier alpha value is -1.07. The summed E-state index contributed by atoms with van der Waals surface area (Å²) in [5.41, 5.74) is 0.293. The molecule has 0 saturated carbocycles. The van der Waals surface area contributed by atoms with Crippen molar-refractivity contribution in [3.8, 4) is 0 Å². The number of benzene rings is 1. The van der Waals surface area contributed by atoms with Crippen LogP contribution in [0.2, 0.25) is 0 Å². The molecule has 0 bridgehead atoms. The lowest BCUT2D eigenvalue weighted by Crippen LogP contribution is -2.47. The maximum atomic E-state index is 13.3. The van der Waals surface area contributed by atoms with E-state index in [1.165, 1.54) is 12.1 Å². The molecule has 0 aliphatic carbocycles. The van der Waals surface area contributed by atoms with Gasteiger partial charge in [-0.25, -0.2) is 0 Å². The van der Waals surface area contributed by atoms with Crippen LogP contribution in [-0.2, 0) is 0 Å². The highest BCUT2D eigenvalue weighted by molar-refractivity contribution is 5.20. The van der Waals surface area contributed by atoms with Gasteiger partial charge in [0.2, 0.25) is 0 Å². The number of hydrogen-bond donors (Lipinski definition) is 1. The number of rotatable bonds is 5. The van der Waals surface area contributed by atoms with Gasteiger partial charge in [-0.2, -0.15) is 13.2 Å². The minimum absolute atomic E-state index is 0.0649. The maximum Gasteiger partial charge on any atom is 0.407 e. The second-order valence-corrected chi connectivity index (χ2v) is 5.67. The number of hydrogen-bond acceptors (Lipinski definition) is 2. The van der Waals surface area contributed by atoms with Crippen LogP contribution in [-0.4, -0.2) is 36.8 Å². The molecule has 1 atom stereocenters. The number of alkyl halides is 3. The van der Waals surface area contributed by atoms with Crippen LogP contribution >= 0.6 is 0 Å². The summed E-state index contributed by atoms with van der Waals surface area (Å²) >= 11 is 0. The van der Waals surface area contributed by atoms with Gasteiger partial charge in [-0.1, -0.05) is 37.3 Å². The molecule has 0 radical (unpaired) electrons. The zero-order valence-electron chi connectivity index (χ0n) is 12.4.